The van der Waals surface area contributed by atoms with E-state index in [-0.39, 0.29) is 17.2 Å². The molecule has 0 radical (unpaired) electrons. The fourth-order valence-electron chi connectivity index (χ4n) is 1.61. The van der Waals surface area contributed by atoms with Gasteiger partial charge >= 0.3 is 5.97 Å². The van der Waals surface area contributed by atoms with Crippen LogP contribution in [0.3, 0.4) is 0 Å². The van der Waals surface area contributed by atoms with Gasteiger partial charge in [0.25, 0.3) is 0 Å². The van der Waals surface area contributed by atoms with Crippen LogP contribution in [0.4, 0.5) is 0 Å². The maximum Gasteiger partial charge on any atom is 0.339 e. The Balaban J connectivity index is 2.49. The highest BCUT2D eigenvalue weighted by atomic mass is 127. The summed E-state index contributed by atoms with van der Waals surface area (Å²) in [6, 6.07) is 8.48. The number of benzene rings is 1. The molecule has 0 aliphatic carbocycles. The number of pyridine rings is 1. The number of carboxylic acid groups (broad SMARTS) is 1. The molecule has 6 heteroatoms. The molecule has 0 saturated heterocycles. The van der Waals surface area contributed by atoms with Crippen molar-refractivity contribution in [2.24, 2.45) is 0 Å². The molecule has 0 amide bonds. The van der Waals surface area contributed by atoms with Gasteiger partial charge in [0, 0.05) is 9.77 Å². The van der Waals surface area contributed by atoms with Crippen LogP contribution in [-0.2, 0) is 0 Å². The van der Waals surface area contributed by atoms with Crippen molar-refractivity contribution in [1.29, 1.82) is 5.26 Å². The zero-order valence-corrected chi connectivity index (χ0v) is 12.6. The fourth-order valence-corrected chi connectivity index (χ4v) is 2.10. The van der Waals surface area contributed by atoms with Gasteiger partial charge in [-0.25, -0.2) is 9.78 Å². The minimum atomic E-state index is -1.09. The Hall–Kier alpha value is -2.14. The smallest absolute Gasteiger partial charge is 0.339 e. The van der Waals surface area contributed by atoms with Gasteiger partial charge in [-0.2, -0.15) is 5.26 Å². The second kappa shape index (κ2) is 5.88. The predicted octanol–water partition coefficient (Wildman–Crippen LogP) is 3.36. The third-order valence-corrected chi connectivity index (χ3v) is 3.29. The summed E-state index contributed by atoms with van der Waals surface area (Å²) in [5.41, 5.74) is 1.05. The number of hydrogen-bond donors (Lipinski definition) is 1. The number of rotatable bonds is 3. The van der Waals surface area contributed by atoms with E-state index in [9.17, 15) is 9.90 Å². The van der Waals surface area contributed by atoms with Crippen LogP contribution in [0, 0.1) is 21.8 Å². The van der Waals surface area contributed by atoms with Crippen LogP contribution in [-0.4, -0.2) is 16.1 Å². The molecule has 0 aliphatic rings. The number of carboxylic acids is 1. The summed E-state index contributed by atoms with van der Waals surface area (Å²) in [4.78, 5) is 15.2. The van der Waals surface area contributed by atoms with E-state index in [1.807, 2.05) is 28.7 Å². The standard InChI is InChI=1S/C14H9IN2O3/c1-8-4-5-17-13(11(8)7-16)20-12-3-2-9(15)6-10(12)14(18)19/h2-6H,1H3,(H,18,19). The molecule has 5 nitrogen and oxygen atoms in total. The summed E-state index contributed by atoms with van der Waals surface area (Å²) >= 11 is 2.02. The first-order valence-electron chi connectivity index (χ1n) is 5.59. The van der Waals surface area contributed by atoms with Crippen LogP contribution >= 0.6 is 22.6 Å². The van der Waals surface area contributed by atoms with Crippen LogP contribution in [0.1, 0.15) is 21.5 Å². The Labute approximate surface area is 129 Å². The first-order valence-corrected chi connectivity index (χ1v) is 6.67. The van der Waals surface area contributed by atoms with Crippen molar-refractivity contribution in [3.8, 4) is 17.7 Å². The maximum absolute atomic E-state index is 11.2. The molecule has 0 atom stereocenters. The lowest BCUT2D eigenvalue weighted by Crippen LogP contribution is -2.02. The van der Waals surface area contributed by atoms with Gasteiger partial charge in [-0.3, -0.25) is 0 Å². The molecule has 100 valence electrons. The second-order valence-corrected chi connectivity index (χ2v) is 5.21. The first kappa shape index (κ1) is 14.3. The number of nitriles is 1. The molecule has 0 spiro atoms. The van der Waals surface area contributed by atoms with Gasteiger partial charge in [-0.05, 0) is 59.3 Å². The first-order chi connectivity index (χ1) is 9.52. The third kappa shape index (κ3) is 2.88. The number of hydrogen-bond acceptors (Lipinski definition) is 4. The molecular weight excluding hydrogens is 371 g/mol. The van der Waals surface area contributed by atoms with Gasteiger partial charge in [-0.15, -0.1) is 0 Å². The van der Waals surface area contributed by atoms with Crippen molar-refractivity contribution in [2.75, 3.05) is 0 Å². The second-order valence-electron chi connectivity index (χ2n) is 3.97. The quantitative estimate of drug-likeness (QED) is 0.826. The molecule has 0 fully saturated rings. The molecule has 2 rings (SSSR count). The van der Waals surface area contributed by atoms with E-state index in [0.717, 1.165) is 9.13 Å². The van der Waals surface area contributed by atoms with Crippen molar-refractivity contribution in [1.82, 2.24) is 4.98 Å². The largest absolute Gasteiger partial charge is 0.478 e. The van der Waals surface area contributed by atoms with Gasteiger partial charge in [-0.1, -0.05) is 0 Å². The van der Waals surface area contributed by atoms with E-state index < -0.39 is 5.97 Å². The number of carbonyl (C=O) groups is 1. The van der Waals surface area contributed by atoms with E-state index in [1.54, 1.807) is 25.1 Å². The summed E-state index contributed by atoms with van der Waals surface area (Å²) in [7, 11) is 0. The minimum Gasteiger partial charge on any atom is -0.478 e. The number of aryl methyl sites for hydroxylation is 1. The molecule has 0 aliphatic heterocycles. The lowest BCUT2D eigenvalue weighted by molar-refractivity contribution is 0.0694. The van der Waals surface area contributed by atoms with Crippen LogP contribution in [0.2, 0.25) is 0 Å². The summed E-state index contributed by atoms with van der Waals surface area (Å²) in [5, 5.41) is 18.3. The van der Waals surface area contributed by atoms with E-state index >= 15 is 0 Å². The Morgan fingerprint density at radius 3 is 2.85 bits per heavy atom. The van der Waals surface area contributed by atoms with Crippen LogP contribution in [0.25, 0.3) is 0 Å². The van der Waals surface area contributed by atoms with Gasteiger partial charge in [0.05, 0.1) is 0 Å². The molecule has 2 aromatic rings. The maximum atomic E-state index is 11.2. The number of nitrogens with zero attached hydrogens (tertiary/aromatic N) is 2. The Bertz CT molecular complexity index is 723. The normalized spacial score (nSPS) is 9.85. The van der Waals surface area contributed by atoms with Crippen molar-refractivity contribution in [2.45, 2.75) is 6.92 Å². The third-order valence-electron chi connectivity index (χ3n) is 2.61. The molecular formula is C14H9IN2O3. The zero-order chi connectivity index (χ0) is 14.7. The molecule has 20 heavy (non-hydrogen) atoms. The predicted molar refractivity (Wildman–Crippen MR) is 79.9 cm³/mol. The molecule has 0 saturated carbocycles. The lowest BCUT2D eigenvalue weighted by Gasteiger charge is -2.10. The van der Waals surface area contributed by atoms with E-state index in [4.69, 9.17) is 10.00 Å². The van der Waals surface area contributed by atoms with Crippen LogP contribution in [0.15, 0.2) is 30.5 Å². The molecule has 1 aromatic carbocycles. The molecule has 1 N–H and O–H groups in total. The summed E-state index contributed by atoms with van der Waals surface area (Å²) in [6.45, 7) is 1.76. The van der Waals surface area contributed by atoms with E-state index in [2.05, 4.69) is 4.98 Å². The summed E-state index contributed by atoms with van der Waals surface area (Å²) in [6.07, 6.45) is 1.51. The molecule has 0 bridgehead atoms. The van der Waals surface area contributed by atoms with E-state index in [0.29, 0.717) is 5.56 Å². The highest BCUT2D eigenvalue weighted by Crippen LogP contribution is 2.28. The number of aromatic nitrogens is 1. The van der Waals surface area contributed by atoms with Crippen molar-refractivity contribution in [3.63, 3.8) is 0 Å². The topological polar surface area (TPSA) is 83.2 Å². The Kier molecular flexibility index (Phi) is 4.20. The van der Waals surface area contributed by atoms with Gasteiger partial charge < -0.3 is 9.84 Å². The average molecular weight is 380 g/mol. The fraction of sp³-hybridized carbons (Fsp3) is 0.0714. The van der Waals surface area contributed by atoms with Crippen LogP contribution in [0.5, 0.6) is 11.6 Å². The molecule has 1 aromatic heterocycles. The van der Waals surface area contributed by atoms with E-state index in [1.165, 1.54) is 12.3 Å². The van der Waals surface area contributed by atoms with Crippen molar-refractivity contribution >= 4 is 28.6 Å². The van der Waals surface area contributed by atoms with Crippen molar-refractivity contribution < 1.29 is 14.6 Å². The Morgan fingerprint density at radius 2 is 2.20 bits per heavy atom. The number of halogens is 1. The van der Waals surface area contributed by atoms with Gasteiger partial charge in [0.2, 0.25) is 5.88 Å². The SMILES string of the molecule is Cc1ccnc(Oc2ccc(I)cc2C(=O)O)c1C#N. The number of ether oxygens (including phenoxy) is 1. The van der Waals surface area contributed by atoms with Crippen LogP contribution < -0.4 is 4.74 Å². The lowest BCUT2D eigenvalue weighted by atomic mass is 10.1. The molecule has 1 heterocycles. The Morgan fingerprint density at radius 1 is 1.45 bits per heavy atom. The summed E-state index contributed by atoms with van der Waals surface area (Å²) in [5.74, 6) is -0.826. The van der Waals surface area contributed by atoms with Crippen molar-refractivity contribution in [3.05, 3.63) is 50.7 Å². The monoisotopic (exact) mass is 380 g/mol. The highest BCUT2D eigenvalue weighted by Gasteiger charge is 2.15. The number of aromatic carboxylic acids is 1. The van der Waals surface area contributed by atoms with Gasteiger partial charge in [0.1, 0.15) is 22.9 Å². The summed E-state index contributed by atoms with van der Waals surface area (Å²) < 4.78 is 6.29. The average Bonchev–Trinajstić information content (AvgIpc) is 2.41. The minimum absolute atomic E-state index is 0.0316. The molecule has 0 unspecified atom stereocenters. The zero-order valence-electron chi connectivity index (χ0n) is 10.4. The van der Waals surface area contributed by atoms with Gasteiger partial charge in [0.15, 0.2) is 0 Å². The highest BCUT2D eigenvalue weighted by molar-refractivity contribution is 14.1.